The number of allylic oxidation sites excluding steroid dienone is 2. The fraction of sp³-hybridized carbons (Fsp3) is 0.769. The van der Waals surface area contributed by atoms with Gasteiger partial charge in [-0.25, -0.2) is 0 Å². The van der Waals surface area contributed by atoms with Crippen molar-refractivity contribution in [3.63, 3.8) is 0 Å². The zero-order valence-electron chi connectivity index (χ0n) is 10.8. The van der Waals surface area contributed by atoms with Gasteiger partial charge in [0, 0.05) is 11.9 Å². The first-order valence-corrected chi connectivity index (χ1v) is 5.61. The molecule has 82 valence electrons. The second kappa shape index (κ2) is 6.00. The lowest BCUT2D eigenvalue weighted by atomic mass is 9.97. The molecule has 0 bridgehead atoms. The number of rotatable bonds is 4. The van der Waals surface area contributed by atoms with Crippen molar-refractivity contribution < 1.29 is 0 Å². The van der Waals surface area contributed by atoms with Crippen LogP contribution in [0.25, 0.3) is 0 Å². The Hall–Kier alpha value is -0.590. The SMILES string of the molecule is C/C(=C(\N=CC(C)C)C(C)C)C(C)C. The Morgan fingerprint density at radius 3 is 1.71 bits per heavy atom. The van der Waals surface area contributed by atoms with E-state index in [1.807, 2.05) is 6.21 Å². The number of aliphatic imine (C=N–C) groups is 1. The van der Waals surface area contributed by atoms with Gasteiger partial charge in [-0.3, -0.25) is 4.99 Å². The van der Waals surface area contributed by atoms with Crippen molar-refractivity contribution >= 4 is 6.21 Å². The fourth-order valence-electron chi connectivity index (χ4n) is 1.23. The van der Waals surface area contributed by atoms with E-state index in [2.05, 4.69) is 53.5 Å². The van der Waals surface area contributed by atoms with Gasteiger partial charge in [0.05, 0.1) is 0 Å². The van der Waals surface area contributed by atoms with Crippen LogP contribution in [-0.4, -0.2) is 6.21 Å². The lowest BCUT2D eigenvalue weighted by Crippen LogP contribution is -2.02. The molecule has 0 rings (SSSR count). The fourth-order valence-corrected chi connectivity index (χ4v) is 1.23. The molecule has 0 heterocycles. The van der Waals surface area contributed by atoms with Crippen LogP contribution in [0.3, 0.4) is 0 Å². The molecule has 0 atom stereocenters. The molecule has 0 spiro atoms. The Bertz CT molecular complexity index is 219. The van der Waals surface area contributed by atoms with Crippen LogP contribution >= 0.6 is 0 Å². The summed E-state index contributed by atoms with van der Waals surface area (Å²) in [4.78, 5) is 4.60. The van der Waals surface area contributed by atoms with E-state index < -0.39 is 0 Å². The van der Waals surface area contributed by atoms with Gasteiger partial charge in [-0.15, -0.1) is 0 Å². The highest BCUT2D eigenvalue weighted by Crippen LogP contribution is 2.21. The molecule has 0 radical (unpaired) electrons. The third-order valence-electron chi connectivity index (χ3n) is 2.33. The van der Waals surface area contributed by atoms with Gasteiger partial charge in [0.25, 0.3) is 0 Å². The highest BCUT2D eigenvalue weighted by Gasteiger charge is 2.08. The summed E-state index contributed by atoms with van der Waals surface area (Å²) in [7, 11) is 0. The minimum absolute atomic E-state index is 0.521. The predicted octanol–water partition coefficient (Wildman–Crippen LogP) is 4.30. The molecule has 0 N–H and O–H groups in total. The zero-order valence-corrected chi connectivity index (χ0v) is 10.8. The van der Waals surface area contributed by atoms with E-state index in [0.29, 0.717) is 17.8 Å². The van der Waals surface area contributed by atoms with E-state index in [0.717, 1.165) is 0 Å². The third kappa shape index (κ3) is 4.59. The molecule has 0 amide bonds. The average Bonchev–Trinajstić information content (AvgIpc) is 2.02. The van der Waals surface area contributed by atoms with E-state index in [4.69, 9.17) is 0 Å². The van der Waals surface area contributed by atoms with Crippen LogP contribution in [0.5, 0.6) is 0 Å². The topological polar surface area (TPSA) is 12.4 Å². The second-order valence-electron chi connectivity index (χ2n) is 4.90. The molecule has 0 aliphatic heterocycles. The van der Waals surface area contributed by atoms with Crippen molar-refractivity contribution in [1.82, 2.24) is 0 Å². The summed E-state index contributed by atoms with van der Waals surface area (Å²) in [6.45, 7) is 15.4. The smallest absolute Gasteiger partial charge is 0.0417 e. The molecule has 0 unspecified atom stereocenters. The van der Waals surface area contributed by atoms with Crippen molar-refractivity contribution in [3.05, 3.63) is 11.3 Å². The maximum Gasteiger partial charge on any atom is 0.0417 e. The molecule has 0 aliphatic rings. The molecular formula is C13H25N. The average molecular weight is 195 g/mol. The molecule has 14 heavy (non-hydrogen) atoms. The Labute approximate surface area is 89.3 Å². The Kier molecular flexibility index (Phi) is 5.75. The van der Waals surface area contributed by atoms with Gasteiger partial charge >= 0.3 is 0 Å². The first-order valence-electron chi connectivity index (χ1n) is 5.61. The molecule has 0 saturated heterocycles. The normalized spacial score (nSPS) is 14.7. The highest BCUT2D eigenvalue weighted by molar-refractivity contribution is 5.61. The molecule has 1 nitrogen and oxygen atoms in total. The number of hydrogen-bond donors (Lipinski definition) is 0. The van der Waals surface area contributed by atoms with E-state index in [-0.39, 0.29) is 0 Å². The maximum absolute atomic E-state index is 4.60. The molecule has 1 heteroatoms. The van der Waals surface area contributed by atoms with Gasteiger partial charge in [0.15, 0.2) is 0 Å². The number of hydrogen-bond acceptors (Lipinski definition) is 1. The molecule has 0 aromatic heterocycles. The lowest BCUT2D eigenvalue weighted by molar-refractivity contribution is 0.682. The van der Waals surface area contributed by atoms with Crippen LogP contribution < -0.4 is 0 Å². The number of nitrogens with zero attached hydrogens (tertiary/aromatic N) is 1. The van der Waals surface area contributed by atoms with Crippen molar-refractivity contribution in [2.75, 3.05) is 0 Å². The summed E-state index contributed by atoms with van der Waals surface area (Å²) < 4.78 is 0. The first kappa shape index (κ1) is 13.4. The molecular weight excluding hydrogens is 170 g/mol. The molecule has 0 fully saturated rings. The minimum Gasteiger partial charge on any atom is -0.265 e. The summed E-state index contributed by atoms with van der Waals surface area (Å²) in [5.41, 5.74) is 2.67. The monoisotopic (exact) mass is 195 g/mol. The molecule has 0 aromatic rings. The first-order chi connectivity index (χ1) is 6.36. The van der Waals surface area contributed by atoms with Gasteiger partial charge in [-0.1, -0.05) is 41.5 Å². The Morgan fingerprint density at radius 1 is 0.929 bits per heavy atom. The summed E-state index contributed by atoms with van der Waals surface area (Å²) in [6, 6.07) is 0. The van der Waals surface area contributed by atoms with E-state index in [1.165, 1.54) is 11.3 Å². The zero-order chi connectivity index (χ0) is 11.3. The summed E-state index contributed by atoms with van der Waals surface area (Å²) in [5, 5.41) is 0. The largest absolute Gasteiger partial charge is 0.265 e. The van der Waals surface area contributed by atoms with Crippen molar-refractivity contribution in [1.29, 1.82) is 0 Å². The van der Waals surface area contributed by atoms with Gasteiger partial charge < -0.3 is 0 Å². The van der Waals surface area contributed by atoms with Gasteiger partial charge in [0.2, 0.25) is 0 Å². The Morgan fingerprint density at radius 2 is 1.43 bits per heavy atom. The van der Waals surface area contributed by atoms with Crippen LogP contribution in [-0.2, 0) is 0 Å². The van der Waals surface area contributed by atoms with Crippen molar-refractivity contribution in [3.8, 4) is 0 Å². The van der Waals surface area contributed by atoms with Crippen LogP contribution in [0.4, 0.5) is 0 Å². The maximum atomic E-state index is 4.60. The summed E-state index contributed by atoms with van der Waals surface area (Å²) in [5.74, 6) is 1.65. The van der Waals surface area contributed by atoms with Crippen LogP contribution in [0.15, 0.2) is 16.3 Å². The van der Waals surface area contributed by atoms with Crippen LogP contribution in [0.2, 0.25) is 0 Å². The third-order valence-corrected chi connectivity index (χ3v) is 2.33. The Balaban J connectivity index is 4.86. The van der Waals surface area contributed by atoms with Crippen molar-refractivity contribution in [2.24, 2.45) is 22.7 Å². The van der Waals surface area contributed by atoms with Crippen LogP contribution in [0, 0.1) is 17.8 Å². The van der Waals surface area contributed by atoms with Gasteiger partial charge in [-0.05, 0) is 30.3 Å². The molecule has 0 aromatic carbocycles. The van der Waals surface area contributed by atoms with Crippen LogP contribution in [0.1, 0.15) is 48.5 Å². The molecule has 0 saturated carbocycles. The minimum atomic E-state index is 0.521. The van der Waals surface area contributed by atoms with E-state index >= 15 is 0 Å². The van der Waals surface area contributed by atoms with E-state index in [9.17, 15) is 0 Å². The lowest BCUT2D eigenvalue weighted by Gasteiger charge is -2.14. The summed E-state index contributed by atoms with van der Waals surface area (Å²) in [6.07, 6.45) is 2.04. The quantitative estimate of drug-likeness (QED) is 0.593. The van der Waals surface area contributed by atoms with E-state index in [1.54, 1.807) is 0 Å². The summed E-state index contributed by atoms with van der Waals surface area (Å²) >= 11 is 0. The van der Waals surface area contributed by atoms with Crippen molar-refractivity contribution in [2.45, 2.75) is 48.5 Å². The molecule has 0 aliphatic carbocycles. The van der Waals surface area contributed by atoms with Gasteiger partial charge in [0.1, 0.15) is 0 Å². The second-order valence-corrected chi connectivity index (χ2v) is 4.90. The predicted molar refractivity (Wildman–Crippen MR) is 65.7 cm³/mol. The standard InChI is InChI=1S/C13H25N/c1-9(2)8-14-13(11(5)6)12(7)10(3)4/h8-11H,1-7H3/b13-12+,14-8?. The highest BCUT2D eigenvalue weighted by atomic mass is 14.7. The van der Waals surface area contributed by atoms with Gasteiger partial charge in [-0.2, -0.15) is 0 Å².